The van der Waals surface area contributed by atoms with Gasteiger partial charge in [-0.1, -0.05) is 23.9 Å². The van der Waals surface area contributed by atoms with Crippen molar-refractivity contribution in [3.63, 3.8) is 0 Å². The van der Waals surface area contributed by atoms with Crippen molar-refractivity contribution in [2.75, 3.05) is 26.0 Å². The van der Waals surface area contributed by atoms with E-state index >= 15 is 0 Å². The van der Waals surface area contributed by atoms with Crippen molar-refractivity contribution in [3.8, 4) is 11.5 Å². The molecular weight excluding hydrogens is 402 g/mol. The van der Waals surface area contributed by atoms with Gasteiger partial charge >= 0.3 is 0 Å². The van der Waals surface area contributed by atoms with Crippen LogP contribution in [0.4, 0.5) is 0 Å². The first kappa shape index (κ1) is 20.5. The zero-order valence-corrected chi connectivity index (χ0v) is 18.5. The number of fused-ring (bicyclic) bond motifs is 2. The molecule has 9 heteroatoms. The van der Waals surface area contributed by atoms with E-state index in [9.17, 15) is 4.79 Å². The molecule has 0 fully saturated rings. The van der Waals surface area contributed by atoms with E-state index in [1.807, 2.05) is 50.1 Å². The fraction of sp³-hybridized carbons (Fsp3) is 0.429. The van der Waals surface area contributed by atoms with Crippen LogP contribution < -0.4 is 9.47 Å². The van der Waals surface area contributed by atoms with Crippen molar-refractivity contribution in [2.24, 2.45) is 0 Å². The Balaban J connectivity index is 1.58. The van der Waals surface area contributed by atoms with Crippen LogP contribution in [0, 0.1) is 13.8 Å². The number of aromatic nitrogens is 4. The number of benzene rings is 1. The summed E-state index contributed by atoms with van der Waals surface area (Å²) in [6.07, 6.45) is 2.19. The minimum Gasteiger partial charge on any atom is -0.486 e. The number of carbonyl (C=O) groups excluding carboxylic acids is 1. The number of hydrogen-bond donors (Lipinski definition) is 0. The lowest BCUT2D eigenvalue weighted by Gasteiger charge is -2.25. The standard InChI is InChI=1S/C21H25N5O3S/c1-5-25(12-15-7-6-8-17-19(15)29-10-9-28-17)18(27)11-16-13(2)22-20-23-21(30-4)24-26(20)14(16)3/h6-8H,5,9-12H2,1-4H3. The Bertz CT molecular complexity index is 1100. The third kappa shape index (κ3) is 3.81. The summed E-state index contributed by atoms with van der Waals surface area (Å²) in [6.45, 7) is 7.97. The molecule has 0 radical (unpaired) electrons. The Labute approximate surface area is 179 Å². The Kier molecular flexibility index (Phi) is 5.80. The van der Waals surface area contributed by atoms with Crippen molar-refractivity contribution < 1.29 is 14.3 Å². The average molecular weight is 428 g/mol. The number of rotatable bonds is 6. The van der Waals surface area contributed by atoms with Gasteiger partial charge in [0.25, 0.3) is 5.78 Å². The third-order valence-electron chi connectivity index (χ3n) is 5.28. The summed E-state index contributed by atoms with van der Waals surface area (Å²) in [5.41, 5.74) is 3.53. The van der Waals surface area contributed by atoms with Gasteiger partial charge < -0.3 is 14.4 Å². The minimum absolute atomic E-state index is 0.0318. The van der Waals surface area contributed by atoms with E-state index in [2.05, 4.69) is 15.1 Å². The lowest BCUT2D eigenvalue weighted by Crippen LogP contribution is -2.32. The molecule has 3 aromatic rings. The van der Waals surface area contributed by atoms with Gasteiger partial charge in [-0.25, -0.2) is 9.50 Å². The van der Waals surface area contributed by atoms with Gasteiger partial charge in [-0.2, -0.15) is 4.98 Å². The highest BCUT2D eigenvalue weighted by Gasteiger charge is 2.22. The maximum absolute atomic E-state index is 13.2. The van der Waals surface area contributed by atoms with Crippen molar-refractivity contribution in [1.82, 2.24) is 24.5 Å². The highest BCUT2D eigenvalue weighted by Crippen LogP contribution is 2.34. The van der Waals surface area contributed by atoms with E-state index in [0.717, 1.165) is 34.0 Å². The van der Waals surface area contributed by atoms with Crippen LogP contribution in [0.15, 0.2) is 23.4 Å². The number of ether oxygens (including phenoxy) is 2. The highest BCUT2D eigenvalue weighted by atomic mass is 32.2. The van der Waals surface area contributed by atoms with E-state index in [1.165, 1.54) is 11.8 Å². The quantitative estimate of drug-likeness (QED) is 0.560. The molecule has 1 aliphatic heterocycles. The number of likely N-dealkylation sites (N-methyl/N-ethyl adjacent to an activating group) is 1. The number of para-hydroxylation sites is 1. The van der Waals surface area contributed by atoms with Gasteiger partial charge in [0.1, 0.15) is 13.2 Å². The molecule has 1 aliphatic rings. The predicted molar refractivity (Wildman–Crippen MR) is 114 cm³/mol. The largest absolute Gasteiger partial charge is 0.486 e. The molecule has 1 amide bonds. The van der Waals surface area contributed by atoms with Crippen LogP contribution in [-0.4, -0.2) is 56.4 Å². The molecule has 0 atom stereocenters. The molecule has 0 bridgehead atoms. The normalized spacial score (nSPS) is 12.9. The van der Waals surface area contributed by atoms with Crippen LogP contribution in [0.2, 0.25) is 0 Å². The molecule has 0 saturated carbocycles. The number of carbonyl (C=O) groups is 1. The van der Waals surface area contributed by atoms with Crippen molar-refractivity contribution >= 4 is 23.4 Å². The third-order valence-corrected chi connectivity index (χ3v) is 5.82. The summed E-state index contributed by atoms with van der Waals surface area (Å²) in [5.74, 6) is 2.06. The van der Waals surface area contributed by atoms with Gasteiger partial charge in [0.2, 0.25) is 11.1 Å². The summed E-state index contributed by atoms with van der Waals surface area (Å²) >= 11 is 1.47. The smallest absolute Gasteiger partial charge is 0.253 e. The molecular formula is C21H25N5O3S. The van der Waals surface area contributed by atoms with Crippen LogP contribution in [0.25, 0.3) is 5.78 Å². The zero-order valence-electron chi connectivity index (χ0n) is 17.6. The summed E-state index contributed by atoms with van der Waals surface area (Å²) in [5, 5.41) is 5.14. The summed E-state index contributed by atoms with van der Waals surface area (Å²) in [6, 6.07) is 5.80. The summed E-state index contributed by atoms with van der Waals surface area (Å²) in [4.78, 5) is 24.0. The second-order valence-corrected chi connectivity index (χ2v) is 7.87. The molecule has 2 aromatic heterocycles. The number of nitrogens with zero attached hydrogens (tertiary/aromatic N) is 5. The molecule has 8 nitrogen and oxygen atoms in total. The molecule has 0 spiro atoms. The molecule has 0 saturated heterocycles. The fourth-order valence-electron chi connectivity index (χ4n) is 3.64. The summed E-state index contributed by atoms with van der Waals surface area (Å²) < 4.78 is 13.2. The van der Waals surface area contributed by atoms with Gasteiger partial charge in [-0.15, -0.1) is 5.10 Å². The maximum Gasteiger partial charge on any atom is 0.253 e. The van der Waals surface area contributed by atoms with E-state index in [0.29, 0.717) is 37.2 Å². The lowest BCUT2D eigenvalue weighted by molar-refractivity contribution is -0.130. The highest BCUT2D eigenvalue weighted by molar-refractivity contribution is 7.98. The van der Waals surface area contributed by atoms with E-state index in [-0.39, 0.29) is 12.3 Å². The Morgan fingerprint density at radius 1 is 1.23 bits per heavy atom. The minimum atomic E-state index is 0.0318. The van der Waals surface area contributed by atoms with Crippen LogP contribution in [-0.2, 0) is 17.8 Å². The SMILES string of the molecule is CCN(Cc1cccc2c1OCCO2)C(=O)Cc1c(C)nc2nc(SC)nn2c1C. The molecule has 158 valence electrons. The number of amides is 1. The molecule has 0 N–H and O–H groups in total. The zero-order chi connectivity index (χ0) is 21.3. The summed E-state index contributed by atoms with van der Waals surface area (Å²) in [7, 11) is 0. The Morgan fingerprint density at radius 2 is 2.03 bits per heavy atom. The average Bonchev–Trinajstić information content (AvgIpc) is 3.18. The first-order chi connectivity index (χ1) is 14.5. The second kappa shape index (κ2) is 8.51. The maximum atomic E-state index is 13.2. The molecule has 4 rings (SSSR count). The molecule has 30 heavy (non-hydrogen) atoms. The molecule has 1 aromatic carbocycles. The van der Waals surface area contributed by atoms with Crippen LogP contribution in [0.3, 0.4) is 0 Å². The van der Waals surface area contributed by atoms with Gasteiger partial charge in [-0.05, 0) is 33.1 Å². The Hall–Kier alpha value is -2.81. The van der Waals surface area contributed by atoms with E-state index in [4.69, 9.17) is 9.47 Å². The molecule has 3 heterocycles. The van der Waals surface area contributed by atoms with Gasteiger partial charge in [0.05, 0.1) is 6.42 Å². The van der Waals surface area contributed by atoms with E-state index in [1.54, 1.807) is 4.52 Å². The van der Waals surface area contributed by atoms with Crippen LogP contribution >= 0.6 is 11.8 Å². The first-order valence-corrected chi connectivity index (χ1v) is 11.2. The van der Waals surface area contributed by atoms with Crippen molar-refractivity contribution in [3.05, 3.63) is 40.7 Å². The number of aryl methyl sites for hydroxylation is 2. The van der Waals surface area contributed by atoms with Crippen molar-refractivity contribution in [1.29, 1.82) is 0 Å². The predicted octanol–water partition coefficient (Wildman–Crippen LogP) is 2.83. The lowest BCUT2D eigenvalue weighted by atomic mass is 10.1. The number of thioether (sulfide) groups is 1. The van der Waals surface area contributed by atoms with Crippen molar-refractivity contribution in [2.45, 2.75) is 38.9 Å². The molecule has 0 unspecified atom stereocenters. The Morgan fingerprint density at radius 3 is 2.80 bits per heavy atom. The van der Waals surface area contributed by atoms with Gasteiger partial charge in [0.15, 0.2) is 11.5 Å². The topological polar surface area (TPSA) is 81.9 Å². The van der Waals surface area contributed by atoms with Crippen LogP contribution in [0.5, 0.6) is 11.5 Å². The van der Waals surface area contributed by atoms with E-state index < -0.39 is 0 Å². The van der Waals surface area contributed by atoms with Crippen LogP contribution in [0.1, 0.15) is 29.4 Å². The first-order valence-electron chi connectivity index (χ1n) is 9.94. The fourth-order valence-corrected chi connectivity index (χ4v) is 3.97. The van der Waals surface area contributed by atoms with Gasteiger partial charge in [-0.3, -0.25) is 4.79 Å². The molecule has 0 aliphatic carbocycles. The number of hydrogen-bond acceptors (Lipinski definition) is 7. The monoisotopic (exact) mass is 427 g/mol. The second-order valence-electron chi connectivity index (χ2n) is 7.10. The van der Waals surface area contributed by atoms with Gasteiger partial charge in [0, 0.05) is 35.6 Å².